The third-order valence-corrected chi connectivity index (χ3v) is 6.60. The van der Waals surface area contributed by atoms with E-state index in [4.69, 9.17) is 42.6 Å². The van der Waals surface area contributed by atoms with Gasteiger partial charge in [0.25, 0.3) is 0 Å². The first-order valence-corrected chi connectivity index (χ1v) is 13.0. The molecule has 3 unspecified atom stereocenters. The molecule has 15 heteroatoms. The van der Waals surface area contributed by atoms with Gasteiger partial charge in [0, 0.05) is 40.5 Å². The van der Waals surface area contributed by atoms with Crippen molar-refractivity contribution in [1.29, 1.82) is 0 Å². The Morgan fingerprint density at radius 2 is 1.38 bits per heavy atom. The molecule has 42 heavy (non-hydrogen) atoms. The molecule has 2 aliphatic heterocycles. The van der Waals surface area contributed by atoms with Crippen LogP contribution in [0, 0.1) is 11.8 Å². The quantitative estimate of drug-likeness (QED) is 0.193. The van der Waals surface area contributed by atoms with Crippen LogP contribution in [0.3, 0.4) is 0 Å². The SMILES string of the molecule is COC(=O)C1=COC(O[C@@H]2O[C@H](COC(C)=O)[C@@H](OC(C)=O)[C@H](OC(C)=O)[C@H]2OC(C)=O)C2C(COC(C)=O)=CCC12. The van der Waals surface area contributed by atoms with Crippen LogP contribution in [0.4, 0.5) is 0 Å². The fourth-order valence-electron chi connectivity index (χ4n) is 5.02. The second-order valence-corrected chi connectivity index (χ2v) is 9.70. The summed E-state index contributed by atoms with van der Waals surface area (Å²) in [6, 6.07) is 0. The predicted molar refractivity (Wildman–Crippen MR) is 134 cm³/mol. The fourth-order valence-corrected chi connectivity index (χ4v) is 5.02. The largest absolute Gasteiger partial charge is 0.471 e. The van der Waals surface area contributed by atoms with Crippen molar-refractivity contribution in [3.8, 4) is 0 Å². The molecule has 2 heterocycles. The number of hydrogen-bond acceptors (Lipinski definition) is 15. The molecule has 0 amide bonds. The van der Waals surface area contributed by atoms with Gasteiger partial charge < -0.3 is 42.6 Å². The van der Waals surface area contributed by atoms with Gasteiger partial charge in [0.15, 0.2) is 18.3 Å². The number of allylic oxidation sites excluding steroid dienone is 1. The molecule has 0 saturated carbocycles. The third-order valence-electron chi connectivity index (χ3n) is 6.60. The predicted octanol–water partition coefficient (Wildman–Crippen LogP) is 0.625. The molecule has 0 radical (unpaired) electrons. The molecular weight excluding hydrogens is 564 g/mol. The Balaban J connectivity index is 2.01. The standard InChI is InChI=1S/C27H34O15/c1-12(28)35-9-17-7-8-18-19(25(33)34-6)10-37-26(21(17)18)42-27-24(40-16(5)32)23(39-15(4)31)22(38-14(3)30)20(41-27)11-36-13(2)29/h7,10,18,20-24,26-27H,8-9,11H2,1-6H3/t18?,20-,21?,22-,23+,24-,26?,27+/m1/s1. The van der Waals surface area contributed by atoms with Gasteiger partial charge in [-0.3, -0.25) is 24.0 Å². The van der Waals surface area contributed by atoms with Gasteiger partial charge in [-0.15, -0.1) is 0 Å². The number of rotatable bonds is 10. The highest BCUT2D eigenvalue weighted by molar-refractivity contribution is 5.89. The molecule has 0 aromatic carbocycles. The van der Waals surface area contributed by atoms with Crippen LogP contribution in [0.15, 0.2) is 23.5 Å². The molecule has 0 aromatic heterocycles. The number of ether oxygens (including phenoxy) is 9. The topological polar surface area (TPSA) is 185 Å². The zero-order valence-electron chi connectivity index (χ0n) is 24.0. The van der Waals surface area contributed by atoms with Crippen LogP contribution in [0.5, 0.6) is 0 Å². The highest BCUT2D eigenvalue weighted by Gasteiger charge is 2.55. The molecule has 232 valence electrons. The summed E-state index contributed by atoms with van der Waals surface area (Å²) in [5, 5.41) is 0. The maximum absolute atomic E-state index is 12.5. The average Bonchev–Trinajstić information content (AvgIpc) is 3.33. The maximum Gasteiger partial charge on any atom is 0.337 e. The van der Waals surface area contributed by atoms with E-state index in [1.165, 1.54) is 20.3 Å². The molecule has 0 spiro atoms. The minimum atomic E-state index is -1.53. The summed E-state index contributed by atoms with van der Waals surface area (Å²) >= 11 is 0. The first-order valence-electron chi connectivity index (χ1n) is 13.0. The van der Waals surface area contributed by atoms with Crippen LogP contribution in [0.2, 0.25) is 0 Å². The van der Waals surface area contributed by atoms with Gasteiger partial charge >= 0.3 is 35.8 Å². The summed E-state index contributed by atoms with van der Waals surface area (Å²) in [6.07, 6.45) is -4.93. The summed E-state index contributed by atoms with van der Waals surface area (Å²) in [6.45, 7) is 5.14. The summed E-state index contributed by atoms with van der Waals surface area (Å²) < 4.78 is 49.4. The summed E-state index contributed by atoms with van der Waals surface area (Å²) in [7, 11) is 1.22. The molecule has 0 aromatic rings. The Hall–Kier alpha value is -3.98. The lowest BCUT2D eigenvalue weighted by atomic mass is 9.83. The van der Waals surface area contributed by atoms with E-state index in [1.54, 1.807) is 6.08 Å². The van der Waals surface area contributed by atoms with Crippen LogP contribution in [0.25, 0.3) is 0 Å². The van der Waals surface area contributed by atoms with Crippen molar-refractivity contribution < 1.29 is 71.4 Å². The second kappa shape index (κ2) is 14.3. The molecular formula is C27H34O15. The number of fused-ring (bicyclic) bond motifs is 1. The molecule has 0 bridgehead atoms. The maximum atomic E-state index is 12.5. The van der Waals surface area contributed by atoms with E-state index in [1.807, 2.05) is 0 Å². The van der Waals surface area contributed by atoms with E-state index in [-0.39, 0.29) is 12.2 Å². The Bertz CT molecular complexity index is 1140. The van der Waals surface area contributed by atoms with Gasteiger partial charge in [-0.1, -0.05) is 6.08 Å². The van der Waals surface area contributed by atoms with E-state index in [0.29, 0.717) is 12.0 Å². The highest BCUT2D eigenvalue weighted by atomic mass is 16.8. The molecule has 8 atom stereocenters. The van der Waals surface area contributed by atoms with E-state index >= 15 is 0 Å². The van der Waals surface area contributed by atoms with Crippen molar-refractivity contribution in [3.63, 3.8) is 0 Å². The first kappa shape index (κ1) is 32.5. The van der Waals surface area contributed by atoms with Crippen molar-refractivity contribution in [3.05, 3.63) is 23.5 Å². The van der Waals surface area contributed by atoms with Crippen molar-refractivity contribution in [2.45, 2.75) is 78.0 Å². The molecule has 1 saturated heterocycles. The molecule has 3 aliphatic rings. The van der Waals surface area contributed by atoms with Crippen molar-refractivity contribution >= 4 is 35.8 Å². The van der Waals surface area contributed by atoms with E-state index in [0.717, 1.165) is 27.7 Å². The molecule has 1 fully saturated rings. The number of methoxy groups -OCH3 is 1. The smallest absolute Gasteiger partial charge is 0.337 e. The second-order valence-electron chi connectivity index (χ2n) is 9.70. The lowest BCUT2D eigenvalue weighted by Gasteiger charge is -2.45. The van der Waals surface area contributed by atoms with Crippen molar-refractivity contribution in [1.82, 2.24) is 0 Å². The number of hydrogen-bond donors (Lipinski definition) is 0. The monoisotopic (exact) mass is 598 g/mol. The van der Waals surface area contributed by atoms with Crippen LogP contribution < -0.4 is 0 Å². The zero-order valence-corrected chi connectivity index (χ0v) is 24.0. The number of carbonyl (C=O) groups is 6. The van der Waals surface area contributed by atoms with Crippen molar-refractivity contribution in [2.24, 2.45) is 11.8 Å². The Kier molecular flexibility index (Phi) is 11.1. The Morgan fingerprint density at radius 3 is 1.95 bits per heavy atom. The van der Waals surface area contributed by atoms with Gasteiger partial charge in [-0.05, 0) is 12.0 Å². The normalized spacial score (nSPS) is 29.9. The van der Waals surface area contributed by atoms with Gasteiger partial charge in [-0.2, -0.15) is 0 Å². The van der Waals surface area contributed by atoms with E-state index in [9.17, 15) is 28.8 Å². The number of esters is 6. The minimum Gasteiger partial charge on any atom is -0.471 e. The highest BCUT2D eigenvalue weighted by Crippen LogP contribution is 2.45. The molecule has 1 aliphatic carbocycles. The van der Waals surface area contributed by atoms with Gasteiger partial charge in [0.1, 0.15) is 19.3 Å². The number of carbonyl (C=O) groups excluding carboxylic acids is 6. The van der Waals surface area contributed by atoms with Crippen LogP contribution in [-0.2, 0) is 71.4 Å². The molecule has 15 nitrogen and oxygen atoms in total. The lowest BCUT2D eigenvalue weighted by molar-refractivity contribution is -0.342. The molecule has 3 rings (SSSR count). The first-order chi connectivity index (χ1) is 19.8. The van der Waals surface area contributed by atoms with E-state index in [2.05, 4.69) is 0 Å². The summed E-state index contributed by atoms with van der Waals surface area (Å²) in [5.41, 5.74) is 0.804. The Labute approximate surface area is 241 Å². The average molecular weight is 599 g/mol. The zero-order chi connectivity index (χ0) is 31.1. The van der Waals surface area contributed by atoms with E-state index < -0.39 is 91.3 Å². The molecule has 0 N–H and O–H groups in total. The van der Waals surface area contributed by atoms with Gasteiger partial charge in [0.05, 0.1) is 24.9 Å². The van der Waals surface area contributed by atoms with Gasteiger partial charge in [-0.25, -0.2) is 4.79 Å². The Morgan fingerprint density at radius 1 is 0.786 bits per heavy atom. The third kappa shape index (κ3) is 8.06. The minimum absolute atomic E-state index is 0.118. The van der Waals surface area contributed by atoms with Crippen LogP contribution in [-0.4, -0.2) is 93.1 Å². The van der Waals surface area contributed by atoms with Crippen molar-refractivity contribution in [2.75, 3.05) is 20.3 Å². The fraction of sp³-hybridized carbons (Fsp3) is 0.630. The lowest BCUT2D eigenvalue weighted by Crippen LogP contribution is -2.63. The summed E-state index contributed by atoms with van der Waals surface area (Å²) in [4.78, 5) is 71.8. The summed E-state index contributed by atoms with van der Waals surface area (Å²) in [5.74, 6) is -5.39. The van der Waals surface area contributed by atoms with Crippen LogP contribution in [0.1, 0.15) is 41.0 Å². The van der Waals surface area contributed by atoms with Gasteiger partial charge in [0.2, 0.25) is 12.6 Å². The van der Waals surface area contributed by atoms with Crippen LogP contribution >= 0.6 is 0 Å².